The number of nitrogens with one attached hydrogen (secondary N) is 2. The number of amides is 1. The topological polar surface area (TPSA) is 59.6 Å². The summed E-state index contributed by atoms with van der Waals surface area (Å²) in [5.41, 5.74) is 1.58. The maximum atomic E-state index is 12.2. The molecule has 0 heterocycles. The Hall–Kier alpha value is -2.69. The third kappa shape index (κ3) is 8.03. The minimum atomic E-state index is -0.117. The van der Waals surface area contributed by atoms with Crippen molar-refractivity contribution in [2.75, 3.05) is 30.4 Å². The number of rotatable bonds is 11. The summed E-state index contributed by atoms with van der Waals surface area (Å²) in [6.07, 6.45) is 1.96. The van der Waals surface area contributed by atoms with Gasteiger partial charge in [0.2, 0.25) is 5.91 Å². The predicted molar refractivity (Wildman–Crippen MR) is 111 cm³/mol. The zero-order chi connectivity index (χ0) is 19.5. The van der Waals surface area contributed by atoms with Crippen molar-refractivity contribution in [3.63, 3.8) is 0 Å². The van der Waals surface area contributed by atoms with Crippen LogP contribution < -0.4 is 20.1 Å². The summed E-state index contributed by atoms with van der Waals surface area (Å²) < 4.78 is 11.3. The van der Waals surface area contributed by atoms with E-state index in [2.05, 4.69) is 31.4 Å². The van der Waals surface area contributed by atoms with Crippen LogP contribution in [0.15, 0.2) is 48.5 Å². The predicted octanol–water partition coefficient (Wildman–Crippen LogP) is 4.95. The highest BCUT2D eigenvalue weighted by atomic mass is 16.5. The lowest BCUT2D eigenvalue weighted by Gasteiger charge is -2.11. The van der Waals surface area contributed by atoms with E-state index < -0.39 is 0 Å². The molecule has 0 bridgehead atoms. The Morgan fingerprint density at radius 2 is 1.59 bits per heavy atom. The first kappa shape index (κ1) is 20.6. The van der Waals surface area contributed by atoms with Gasteiger partial charge in [0.25, 0.3) is 0 Å². The molecule has 0 saturated carbocycles. The molecular weight excluding hydrogens is 340 g/mol. The lowest BCUT2D eigenvalue weighted by atomic mass is 10.1. The van der Waals surface area contributed by atoms with Crippen molar-refractivity contribution in [2.24, 2.45) is 5.92 Å². The molecule has 2 aromatic rings. The Labute approximate surface area is 162 Å². The van der Waals surface area contributed by atoms with E-state index in [0.717, 1.165) is 35.7 Å². The standard InChI is InChI=1S/C22H30N2O3/c1-4-12-26-21-10-6-8-19(15-21)24-22(25)16-23-18-7-5-9-20(14-18)27-13-11-17(2)3/h5-10,14-15,17,23H,4,11-13,16H2,1-3H3,(H,24,25). The monoisotopic (exact) mass is 370 g/mol. The summed E-state index contributed by atoms with van der Waals surface area (Å²) >= 11 is 0. The second-order valence-electron chi connectivity index (χ2n) is 6.84. The maximum Gasteiger partial charge on any atom is 0.243 e. The summed E-state index contributed by atoms with van der Waals surface area (Å²) in [5.74, 6) is 2.06. The normalized spacial score (nSPS) is 10.5. The summed E-state index contributed by atoms with van der Waals surface area (Å²) in [6, 6.07) is 15.1. The average molecular weight is 370 g/mol. The van der Waals surface area contributed by atoms with Crippen molar-refractivity contribution >= 4 is 17.3 Å². The molecule has 0 aliphatic carbocycles. The van der Waals surface area contributed by atoms with E-state index in [1.54, 1.807) is 0 Å². The molecule has 0 aliphatic rings. The van der Waals surface area contributed by atoms with E-state index in [4.69, 9.17) is 9.47 Å². The first-order valence-corrected chi connectivity index (χ1v) is 9.56. The summed E-state index contributed by atoms with van der Waals surface area (Å²) in [5, 5.41) is 6.01. The SMILES string of the molecule is CCCOc1cccc(NC(=O)CNc2cccc(OCCC(C)C)c2)c1. The fourth-order valence-electron chi connectivity index (χ4n) is 2.38. The Kier molecular flexibility index (Phi) is 8.49. The fourth-order valence-corrected chi connectivity index (χ4v) is 2.38. The van der Waals surface area contributed by atoms with Crippen LogP contribution in [-0.2, 0) is 4.79 Å². The van der Waals surface area contributed by atoms with Gasteiger partial charge in [-0.3, -0.25) is 4.79 Å². The van der Waals surface area contributed by atoms with Crippen molar-refractivity contribution in [2.45, 2.75) is 33.6 Å². The number of hydrogen-bond donors (Lipinski definition) is 2. The van der Waals surface area contributed by atoms with Gasteiger partial charge < -0.3 is 20.1 Å². The van der Waals surface area contributed by atoms with Crippen LogP contribution >= 0.6 is 0 Å². The molecule has 27 heavy (non-hydrogen) atoms. The fraction of sp³-hybridized carbons (Fsp3) is 0.409. The zero-order valence-electron chi connectivity index (χ0n) is 16.5. The van der Waals surface area contributed by atoms with E-state index >= 15 is 0 Å². The molecule has 0 spiro atoms. The summed E-state index contributed by atoms with van der Waals surface area (Å²) in [7, 11) is 0. The van der Waals surface area contributed by atoms with E-state index in [9.17, 15) is 4.79 Å². The minimum Gasteiger partial charge on any atom is -0.494 e. The summed E-state index contributed by atoms with van der Waals surface area (Å²) in [6.45, 7) is 7.93. The molecule has 2 rings (SSSR count). The largest absolute Gasteiger partial charge is 0.494 e. The number of ether oxygens (including phenoxy) is 2. The van der Waals surface area contributed by atoms with Gasteiger partial charge in [-0.2, -0.15) is 0 Å². The van der Waals surface area contributed by atoms with E-state index in [0.29, 0.717) is 19.1 Å². The minimum absolute atomic E-state index is 0.117. The van der Waals surface area contributed by atoms with Gasteiger partial charge >= 0.3 is 0 Å². The number of carbonyl (C=O) groups is 1. The van der Waals surface area contributed by atoms with Gasteiger partial charge in [-0.05, 0) is 43.0 Å². The third-order valence-electron chi connectivity index (χ3n) is 3.84. The van der Waals surface area contributed by atoms with Crippen LogP contribution in [0.4, 0.5) is 11.4 Å². The van der Waals surface area contributed by atoms with Crippen molar-refractivity contribution in [3.8, 4) is 11.5 Å². The number of benzene rings is 2. The second-order valence-corrected chi connectivity index (χ2v) is 6.84. The Morgan fingerprint density at radius 3 is 2.26 bits per heavy atom. The molecule has 0 unspecified atom stereocenters. The van der Waals surface area contributed by atoms with Crippen molar-refractivity contribution in [3.05, 3.63) is 48.5 Å². The van der Waals surface area contributed by atoms with Crippen LogP contribution in [0.2, 0.25) is 0 Å². The van der Waals surface area contributed by atoms with Crippen LogP contribution in [0.5, 0.6) is 11.5 Å². The highest BCUT2D eigenvalue weighted by Crippen LogP contribution is 2.19. The Balaban J connectivity index is 1.81. The molecule has 0 aliphatic heterocycles. The highest BCUT2D eigenvalue weighted by Gasteiger charge is 2.05. The third-order valence-corrected chi connectivity index (χ3v) is 3.84. The van der Waals surface area contributed by atoms with Gasteiger partial charge in [-0.25, -0.2) is 0 Å². The number of carbonyl (C=O) groups excluding carboxylic acids is 1. The van der Waals surface area contributed by atoms with Crippen LogP contribution in [0.25, 0.3) is 0 Å². The van der Waals surface area contributed by atoms with Crippen LogP contribution in [0.3, 0.4) is 0 Å². The van der Waals surface area contributed by atoms with Crippen molar-refractivity contribution < 1.29 is 14.3 Å². The molecule has 1 amide bonds. The summed E-state index contributed by atoms with van der Waals surface area (Å²) in [4.78, 5) is 12.2. The molecule has 0 radical (unpaired) electrons. The van der Waals surface area contributed by atoms with Crippen molar-refractivity contribution in [1.82, 2.24) is 0 Å². The Bertz CT molecular complexity index is 716. The van der Waals surface area contributed by atoms with Gasteiger partial charge in [0.05, 0.1) is 19.8 Å². The lowest BCUT2D eigenvalue weighted by molar-refractivity contribution is -0.114. The number of hydrogen-bond acceptors (Lipinski definition) is 4. The van der Waals surface area contributed by atoms with Gasteiger partial charge in [-0.1, -0.05) is 32.9 Å². The molecule has 0 atom stereocenters. The van der Waals surface area contributed by atoms with Crippen LogP contribution in [0.1, 0.15) is 33.6 Å². The zero-order valence-corrected chi connectivity index (χ0v) is 16.5. The molecule has 0 saturated heterocycles. The van der Waals surface area contributed by atoms with Gasteiger partial charge in [-0.15, -0.1) is 0 Å². The maximum absolute atomic E-state index is 12.2. The molecule has 5 nitrogen and oxygen atoms in total. The molecule has 2 aromatic carbocycles. The van der Waals surface area contributed by atoms with Crippen LogP contribution in [0, 0.1) is 5.92 Å². The first-order valence-electron chi connectivity index (χ1n) is 9.56. The second kappa shape index (κ2) is 11.1. The smallest absolute Gasteiger partial charge is 0.243 e. The van der Waals surface area contributed by atoms with E-state index in [-0.39, 0.29) is 12.5 Å². The lowest BCUT2D eigenvalue weighted by Crippen LogP contribution is -2.21. The van der Waals surface area contributed by atoms with Gasteiger partial charge in [0.1, 0.15) is 11.5 Å². The molecule has 2 N–H and O–H groups in total. The molecule has 5 heteroatoms. The molecule has 0 fully saturated rings. The van der Waals surface area contributed by atoms with Gasteiger partial charge in [0.15, 0.2) is 0 Å². The molecule has 0 aromatic heterocycles. The average Bonchev–Trinajstić information content (AvgIpc) is 2.65. The Morgan fingerprint density at radius 1 is 0.963 bits per heavy atom. The molecule has 146 valence electrons. The van der Waals surface area contributed by atoms with Crippen LogP contribution in [-0.4, -0.2) is 25.7 Å². The number of anilines is 2. The highest BCUT2D eigenvalue weighted by molar-refractivity contribution is 5.93. The van der Waals surface area contributed by atoms with Gasteiger partial charge in [0, 0.05) is 23.5 Å². The first-order chi connectivity index (χ1) is 13.1. The van der Waals surface area contributed by atoms with Crippen molar-refractivity contribution in [1.29, 1.82) is 0 Å². The molecular formula is C22H30N2O3. The van der Waals surface area contributed by atoms with E-state index in [1.165, 1.54) is 0 Å². The van der Waals surface area contributed by atoms with E-state index in [1.807, 2.05) is 48.5 Å². The quantitative estimate of drug-likeness (QED) is 0.587.